The van der Waals surface area contributed by atoms with Gasteiger partial charge in [0.25, 0.3) is 0 Å². The number of anilines is 3. The molecule has 0 aliphatic carbocycles. The molecule has 4 N–H and O–H groups in total. The fourth-order valence-corrected chi connectivity index (χ4v) is 1.59. The Hall–Kier alpha value is -2.42. The topological polar surface area (TPSA) is 75.9 Å². The van der Waals surface area contributed by atoms with Crippen LogP contribution in [0.25, 0.3) is 0 Å². The molecule has 0 saturated carbocycles. The number of nitrogens with one attached hydrogen (secondary N) is 2. The Labute approximate surface area is 117 Å². The van der Waals surface area contributed by atoms with E-state index >= 15 is 0 Å². The van der Waals surface area contributed by atoms with Gasteiger partial charge in [-0.3, -0.25) is 5.43 Å². The van der Waals surface area contributed by atoms with Crippen molar-refractivity contribution in [2.75, 3.05) is 10.7 Å². The van der Waals surface area contributed by atoms with E-state index in [4.69, 9.17) is 5.84 Å². The number of nitrogens with zero attached hydrogens (tertiary/aromatic N) is 2. The van der Waals surface area contributed by atoms with Gasteiger partial charge in [-0.15, -0.1) is 0 Å². The van der Waals surface area contributed by atoms with Crippen LogP contribution in [0.2, 0.25) is 0 Å². The molecular formula is C12H11F4N5. The molecule has 5 nitrogen and oxygen atoms in total. The van der Waals surface area contributed by atoms with E-state index in [2.05, 4.69) is 15.3 Å². The lowest BCUT2D eigenvalue weighted by Crippen LogP contribution is -2.16. The third-order valence-electron chi connectivity index (χ3n) is 2.53. The molecule has 2 aromatic rings. The molecule has 0 radical (unpaired) electrons. The van der Waals surface area contributed by atoms with Crippen molar-refractivity contribution >= 4 is 17.5 Å². The molecule has 0 saturated heterocycles. The van der Waals surface area contributed by atoms with Gasteiger partial charge in [-0.1, -0.05) is 6.07 Å². The van der Waals surface area contributed by atoms with Crippen molar-refractivity contribution in [2.24, 2.45) is 5.84 Å². The molecule has 0 amide bonds. The van der Waals surface area contributed by atoms with Crippen molar-refractivity contribution < 1.29 is 17.6 Å². The molecule has 2 rings (SSSR count). The lowest BCUT2D eigenvalue weighted by molar-refractivity contribution is -0.141. The number of hydrogen-bond donors (Lipinski definition) is 3. The van der Waals surface area contributed by atoms with Crippen molar-refractivity contribution in [2.45, 2.75) is 13.1 Å². The Balaban J connectivity index is 2.42. The Kier molecular flexibility index (Phi) is 3.94. The van der Waals surface area contributed by atoms with Crippen molar-refractivity contribution in [1.29, 1.82) is 0 Å². The summed E-state index contributed by atoms with van der Waals surface area (Å²) in [5, 5.41) is 2.48. The molecule has 0 unspecified atom stereocenters. The molecule has 1 aromatic carbocycles. The van der Waals surface area contributed by atoms with Gasteiger partial charge in [-0.2, -0.15) is 18.2 Å². The Morgan fingerprint density at radius 1 is 1.14 bits per heavy atom. The Morgan fingerprint density at radius 3 is 2.48 bits per heavy atom. The highest BCUT2D eigenvalue weighted by Crippen LogP contribution is 2.30. The van der Waals surface area contributed by atoms with Crippen LogP contribution in [-0.2, 0) is 6.18 Å². The van der Waals surface area contributed by atoms with Crippen LogP contribution in [0.1, 0.15) is 11.3 Å². The van der Waals surface area contributed by atoms with Gasteiger partial charge in [0.2, 0.25) is 5.95 Å². The summed E-state index contributed by atoms with van der Waals surface area (Å²) in [5.41, 5.74) is 1.48. The highest BCUT2D eigenvalue weighted by molar-refractivity contribution is 5.59. The summed E-state index contributed by atoms with van der Waals surface area (Å²) >= 11 is 0. The summed E-state index contributed by atoms with van der Waals surface area (Å²) < 4.78 is 51.7. The van der Waals surface area contributed by atoms with E-state index < -0.39 is 23.6 Å². The van der Waals surface area contributed by atoms with Crippen LogP contribution >= 0.6 is 0 Å². The first-order chi connectivity index (χ1) is 9.79. The van der Waals surface area contributed by atoms with Crippen molar-refractivity contribution in [1.82, 2.24) is 9.97 Å². The van der Waals surface area contributed by atoms with Gasteiger partial charge in [-0.25, -0.2) is 15.2 Å². The van der Waals surface area contributed by atoms with Crippen LogP contribution in [0, 0.1) is 12.7 Å². The Morgan fingerprint density at radius 2 is 1.86 bits per heavy atom. The molecule has 0 fully saturated rings. The number of nitrogen functional groups attached to an aromatic ring is 1. The SMILES string of the molecule is Cc1ccc(F)c(Nc2cc(C(F)(F)F)nc(NN)n2)c1. The molecule has 0 spiro atoms. The van der Waals surface area contributed by atoms with E-state index in [9.17, 15) is 17.6 Å². The number of hydrazine groups is 1. The van der Waals surface area contributed by atoms with Crippen molar-refractivity contribution in [3.8, 4) is 0 Å². The second-order valence-corrected chi connectivity index (χ2v) is 4.21. The van der Waals surface area contributed by atoms with Gasteiger partial charge in [0.05, 0.1) is 5.69 Å². The number of aryl methyl sites for hydroxylation is 1. The smallest absolute Gasteiger partial charge is 0.338 e. The highest BCUT2D eigenvalue weighted by Gasteiger charge is 2.33. The van der Waals surface area contributed by atoms with Gasteiger partial charge in [0.1, 0.15) is 11.6 Å². The fourth-order valence-electron chi connectivity index (χ4n) is 1.59. The number of rotatable bonds is 3. The predicted molar refractivity (Wildman–Crippen MR) is 69.3 cm³/mol. The predicted octanol–water partition coefficient (Wildman–Crippen LogP) is 2.97. The zero-order chi connectivity index (χ0) is 15.6. The van der Waals surface area contributed by atoms with Crippen LogP contribution in [-0.4, -0.2) is 9.97 Å². The standard InChI is InChI=1S/C12H11F4N5/c1-6-2-3-7(13)8(4-6)18-10-5-9(12(14,15)16)19-11(20-10)21-17/h2-5H,17H2,1H3,(H2,18,19,20,21). The van der Waals surface area contributed by atoms with Crippen LogP contribution in [0.15, 0.2) is 24.3 Å². The van der Waals surface area contributed by atoms with Crippen molar-refractivity contribution in [3.05, 3.63) is 41.3 Å². The van der Waals surface area contributed by atoms with E-state index in [0.29, 0.717) is 6.07 Å². The summed E-state index contributed by atoms with van der Waals surface area (Å²) in [6.07, 6.45) is -4.67. The van der Waals surface area contributed by atoms with E-state index in [-0.39, 0.29) is 11.5 Å². The minimum atomic E-state index is -4.67. The van der Waals surface area contributed by atoms with E-state index in [1.807, 2.05) is 5.43 Å². The average Bonchev–Trinajstić information content (AvgIpc) is 2.41. The van der Waals surface area contributed by atoms with Crippen molar-refractivity contribution in [3.63, 3.8) is 0 Å². The number of hydrogen-bond acceptors (Lipinski definition) is 5. The van der Waals surface area contributed by atoms with Crippen LogP contribution < -0.4 is 16.6 Å². The molecule has 0 atom stereocenters. The molecule has 0 aliphatic heterocycles. The lowest BCUT2D eigenvalue weighted by Gasteiger charge is -2.12. The minimum Gasteiger partial charge on any atom is -0.338 e. The summed E-state index contributed by atoms with van der Waals surface area (Å²) in [4.78, 5) is 6.91. The number of aromatic nitrogens is 2. The first-order valence-corrected chi connectivity index (χ1v) is 5.75. The number of halogens is 4. The average molecular weight is 301 g/mol. The number of alkyl halides is 3. The van der Waals surface area contributed by atoms with Crippen LogP contribution in [0.5, 0.6) is 0 Å². The molecule has 1 aromatic heterocycles. The van der Waals surface area contributed by atoms with Gasteiger partial charge in [0, 0.05) is 6.07 Å². The summed E-state index contributed by atoms with van der Waals surface area (Å²) in [7, 11) is 0. The molecule has 112 valence electrons. The fraction of sp³-hybridized carbons (Fsp3) is 0.167. The summed E-state index contributed by atoms with van der Waals surface area (Å²) in [5.74, 6) is 3.76. The maximum atomic E-state index is 13.6. The van der Waals surface area contributed by atoms with E-state index in [1.165, 1.54) is 18.2 Å². The molecule has 0 aliphatic rings. The van der Waals surface area contributed by atoms with Gasteiger partial charge >= 0.3 is 6.18 Å². The quantitative estimate of drug-likeness (QED) is 0.461. The highest BCUT2D eigenvalue weighted by atomic mass is 19.4. The summed E-state index contributed by atoms with van der Waals surface area (Å²) in [6.45, 7) is 1.72. The minimum absolute atomic E-state index is 0.00444. The lowest BCUT2D eigenvalue weighted by atomic mass is 10.2. The second kappa shape index (κ2) is 5.52. The third kappa shape index (κ3) is 3.57. The van der Waals surface area contributed by atoms with E-state index in [1.54, 1.807) is 6.92 Å². The number of nitrogens with two attached hydrogens (primary N) is 1. The zero-order valence-corrected chi connectivity index (χ0v) is 10.8. The maximum absolute atomic E-state index is 13.6. The molecular weight excluding hydrogens is 290 g/mol. The Bertz CT molecular complexity index is 657. The maximum Gasteiger partial charge on any atom is 0.433 e. The molecule has 0 bridgehead atoms. The van der Waals surface area contributed by atoms with Gasteiger partial charge < -0.3 is 5.32 Å². The first-order valence-electron chi connectivity index (χ1n) is 5.75. The van der Waals surface area contributed by atoms with Crippen LogP contribution in [0.4, 0.5) is 35.0 Å². The van der Waals surface area contributed by atoms with Crippen LogP contribution in [0.3, 0.4) is 0 Å². The van der Waals surface area contributed by atoms with Gasteiger partial charge in [0.15, 0.2) is 5.69 Å². The largest absolute Gasteiger partial charge is 0.433 e. The first kappa shape index (κ1) is 15.0. The number of benzene rings is 1. The van der Waals surface area contributed by atoms with E-state index in [0.717, 1.165) is 5.56 Å². The normalized spacial score (nSPS) is 11.3. The second-order valence-electron chi connectivity index (χ2n) is 4.21. The zero-order valence-electron chi connectivity index (χ0n) is 10.8. The van der Waals surface area contributed by atoms with Gasteiger partial charge in [-0.05, 0) is 24.6 Å². The third-order valence-corrected chi connectivity index (χ3v) is 2.53. The molecule has 21 heavy (non-hydrogen) atoms. The molecule has 9 heteroatoms. The summed E-state index contributed by atoms with van der Waals surface area (Å²) in [6, 6.07) is 4.85. The monoisotopic (exact) mass is 301 g/mol. The molecule has 1 heterocycles.